The Balaban J connectivity index is 0.00000261. The summed E-state index contributed by atoms with van der Waals surface area (Å²) in [5, 5.41) is 19.1. The Labute approximate surface area is 163 Å². The number of amides is 1. The summed E-state index contributed by atoms with van der Waals surface area (Å²) in [6, 6.07) is 5.94. The fraction of sp³-hybridized carbons (Fsp3) is 0.471. The second-order valence-electron chi connectivity index (χ2n) is 6.63. The minimum atomic E-state index is -0.469. The quantitative estimate of drug-likeness (QED) is 0.627. The molecule has 27 heavy (non-hydrogen) atoms. The van der Waals surface area contributed by atoms with Crippen LogP contribution in [0.15, 0.2) is 24.3 Å². The number of carbonyl (C=O) groups excluding carboxylic acids is 1. The van der Waals surface area contributed by atoms with Crippen molar-refractivity contribution in [3.8, 4) is 5.69 Å². The summed E-state index contributed by atoms with van der Waals surface area (Å²) in [7, 11) is 0. The van der Waals surface area contributed by atoms with Crippen LogP contribution in [0, 0.1) is 17.0 Å². The van der Waals surface area contributed by atoms with Gasteiger partial charge < -0.3 is 10.6 Å². The molecule has 1 saturated heterocycles. The number of hydrogen-bond donors (Lipinski definition) is 1. The first-order chi connectivity index (χ1) is 12.4. The van der Waals surface area contributed by atoms with Crippen molar-refractivity contribution >= 4 is 24.0 Å². The number of nitrogens with two attached hydrogens (primary N) is 1. The van der Waals surface area contributed by atoms with Crippen molar-refractivity contribution in [3.05, 3.63) is 45.8 Å². The molecule has 1 aliphatic heterocycles. The van der Waals surface area contributed by atoms with Crippen molar-refractivity contribution in [1.29, 1.82) is 0 Å². The van der Waals surface area contributed by atoms with Gasteiger partial charge in [-0.05, 0) is 39.2 Å². The number of carbonyl (C=O) groups is 1. The SMILES string of the molecule is Cc1c(C(=O)N2CCCCC2C(C)N)nnn1-c1cccc([N+](=O)[O-])c1.Cl. The summed E-state index contributed by atoms with van der Waals surface area (Å²) in [5.41, 5.74) is 7.30. The van der Waals surface area contributed by atoms with Crippen LogP contribution in [0.25, 0.3) is 5.69 Å². The molecule has 2 atom stereocenters. The lowest BCUT2D eigenvalue weighted by Crippen LogP contribution is -2.51. The highest BCUT2D eigenvalue weighted by molar-refractivity contribution is 5.93. The van der Waals surface area contributed by atoms with Crippen molar-refractivity contribution in [1.82, 2.24) is 19.9 Å². The standard InChI is InChI=1S/C17H22N6O3.ClH/c1-11(18)15-8-3-4-9-21(15)17(24)16-12(2)22(20-19-16)13-6-5-7-14(10-13)23(25)26;/h5-7,10-11,15H,3-4,8-9,18H2,1-2H3;1H. The molecule has 0 saturated carbocycles. The molecular formula is C17H23ClN6O3. The van der Waals surface area contributed by atoms with E-state index in [-0.39, 0.29) is 41.8 Å². The second kappa shape index (κ2) is 8.45. The summed E-state index contributed by atoms with van der Waals surface area (Å²) in [6.45, 7) is 4.29. The van der Waals surface area contributed by atoms with Crippen molar-refractivity contribution in [2.24, 2.45) is 5.73 Å². The minimum absolute atomic E-state index is 0. The van der Waals surface area contributed by atoms with Crippen molar-refractivity contribution in [3.63, 3.8) is 0 Å². The number of benzene rings is 1. The van der Waals surface area contributed by atoms with E-state index in [1.807, 2.05) is 6.92 Å². The van der Waals surface area contributed by atoms with Gasteiger partial charge in [0.1, 0.15) is 0 Å². The molecule has 3 rings (SSSR count). The smallest absolute Gasteiger partial charge is 0.276 e. The Kier molecular flexibility index (Phi) is 6.50. The van der Waals surface area contributed by atoms with Crippen molar-refractivity contribution in [2.75, 3.05) is 6.54 Å². The molecule has 1 aromatic carbocycles. The fourth-order valence-corrected chi connectivity index (χ4v) is 3.40. The first-order valence-electron chi connectivity index (χ1n) is 8.64. The summed E-state index contributed by atoms with van der Waals surface area (Å²) in [6.07, 6.45) is 2.86. The number of nitrogens with zero attached hydrogens (tertiary/aromatic N) is 5. The van der Waals surface area contributed by atoms with E-state index in [1.165, 1.54) is 16.8 Å². The topological polar surface area (TPSA) is 120 Å². The predicted octanol–water partition coefficient (Wildman–Crippen LogP) is 2.25. The van der Waals surface area contributed by atoms with Crippen molar-refractivity contribution in [2.45, 2.75) is 45.2 Å². The van der Waals surface area contributed by atoms with Crippen LogP contribution in [0.3, 0.4) is 0 Å². The van der Waals surface area contributed by atoms with Gasteiger partial charge in [-0.25, -0.2) is 4.68 Å². The Morgan fingerprint density at radius 3 is 2.81 bits per heavy atom. The summed E-state index contributed by atoms with van der Waals surface area (Å²) >= 11 is 0. The van der Waals surface area contributed by atoms with E-state index in [9.17, 15) is 14.9 Å². The van der Waals surface area contributed by atoms with E-state index >= 15 is 0 Å². The lowest BCUT2D eigenvalue weighted by atomic mass is 9.96. The fourth-order valence-electron chi connectivity index (χ4n) is 3.40. The van der Waals surface area contributed by atoms with E-state index < -0.39 is 4.92 Å². The molecule has 1 aliphatic rings. The maximum atomic E-state index is 13.0. The molecule has 2 heterocycles. The van der Waals surface area contributed by atoms with E-state index in [4.69, 9.17) is 5.73 Å². The monoisotopic (exact) mass is 394 g/mol. The Morgan fingerprint density at radius 1 is 1.41 bits per heavy atom. The number of piperidine rings is 1. The van der Waals surface area contributed by atoms with Crippen LogP contribution in [0.1, 0.15) is 42.4 Å². The maximum absolute atomic E-state index is 13.0. The molecule has 1 fully saturated rings. The summed E-state index contributed by atoms with van der Waals surface area (Å²) in [5.74, 6) is -0.193. The van der Waals surface area contributed by atoms with Gasteiger partial charge in [0.2, 0.25) is 0 Å². The molecule has 9 nitrogen and oxygen atoms in total. The molecule has 146 valence electrons. The zero-order valence-corrected chi connectivity index (χ0v) is 16.1. The van der Waals surface area contributed by atoms with Gasteiger partial charge in [-0.15, -0.1) is 17.5 Å². The van der Waals surface area contributed by atoms with Crippen LogP contribution in [-0.4, -0.2) is 49.4 Å². The van der Waals surface area contributed by atoms with E-state index in [0.29, 0.717) is 17.9 Å². The van der Waals surface area contributed by atoms with Gasteiger partial charge in [0.15, 0.2) is 5.69 Å². The third kappa shape index (κ3) is 4.09. The number of hydrogen-bond acceptors (Lipinski definition) is 6. The van der Waals surface area contributed by atoms with Crippen LogP contribution in [0.4, 0.5) is 5.69 Å². The van der Waals surface area contributed by atoms with Gasteiger partial charge in [-0.1, -0.05) is 11.3 Å². The summed E-state index contributed by atoms with van der Waals surface area (Å²) in [4.78, 5) is 25.3. The number of nitro benzene ring substituents is 1. The highest BCUT2D eigenvalue weighted by atomic mass is 35.5. The highest BCUT2D eigenvalue weighted by Crippen LogP contribution is 2.23. The van der Waals surface area contributed by atoms with Gasteiger partial charge in [0, 0.05) is 30.8 Å². The van der Waals surface area contributed by atoms with Crippen molar-refractivity contribution < 1.29 is 9.72 Å². The van der Waals surface area contributed by atoms with Crippen LogP contribution in [0.5, 0.6) is 0 Å². The molecular weight excluding hydrogens is 372 g/mol. The Morgan fingerprint density at radius 2 is 2.15 bits per heavy atom. The Bertz CT molecular complexity index is 838. The van der Waals surface area contributed by atoms with Gasteiger partial charge >= 0.3 is 0 Å². The number of aromatic nitrogens is 3. The zero-order valence-electron chi connectivity index (χ0n) is 15.2. The number of likely N-dealkylation sites (tertiary alicyclic amines) is 1. The molecule has 2 unspecified atom stereocenters. The normalized spacial score (nSPS) is 17.9. The molecule has 0 radical (unpaired) electrons. The first kappa shape index (κ1) is 20.8. The van der Waals surface area contributed by atoms with Gasteiger partial charge in [-0.3, -0.25) is 14.9 Å². The minimum Gasteiger partial charge on any atom is -0.333 e. The van der Waals surface area contributed by atoms with E-state index in [2.05, 4.69) is 10.3 Å². The number of non-ortho nitro benzene ring substituents is 1. The molecule has 0 spiro atoms. The predicted molar refractivity (Wildman–Crippen MR) is 102 cm³/mol. The number of nitro groups is 1. The number of halogens is 1. The van der Waals surface area contributed by atoms with Gasteiger partial charge in [-0.2, -0.15) is 0 Å². The third-order valence-corrected chi connectivity index (χ3v) is 4.80. The van der Waals surface area contributed by atoms with Crippen LogP contribution in [0.2, 0.25) is 0 Å². The van der Waals surface area contributed by atoms with E-state index in [1.54, 1.807) is 24.0 Å². The molecule has 2 N–H and O–H groups in total. The average Bonchev–Trinajstić information content (AvgIpc) is 3.02. The first-order valence-corrected chi connectivity index (χ1v) is 8.64. The maximum Gasteiger partial charge on any atom is 0.276 e. The van der Waals surface area contributed by atoms with E-state index in [0.717, 1.165) is 19.3 Å². The second-order valence-corrected chi connectivity index (χ2v) is 6.63. The van der Waals surface area contributed by atoms with Gasteiger partial charge in [0.05, 0.1) is 16.3 Å². The zero-order chi connectivity index (χ0) is 18.8. The van der Waals surface area contributed by atoms with Crippen LogP contribution < -0.4 is 5.73 Å². The molecule has 1 aromatic heterocycles. The molecule has 1 amide bonds. The molecule has 0 bridgehead atoms. The lowest BCUT2D eigenvalue weighted by molar-refractivity contribution is -0.384. The largest absolute Gasteiger partial charge is 0.333 e. The lowest BCUT2D eigenvalue weighted by Gasteiger charge is -2.37. The van der Waals surface area contributed by atoms with Gasteiger partial charge in [0.25, 0.3) is 11.6 Å². The Hall–Kier alpha value is -2.52. The van der Waals surface area contributed by atoms with Crippen LogP contribution in [-0.2, 0) is 0 Å². The molecule has 10 heteroatoms. The van der Waals surface area contributed by atoms with Crippen LogP contribution >= 0.6 is 12.4 Å². The molecule has 2 aromatic rings. The summed E-state index contributed by atoms with van der Waals surface area (Å²) < 4.78 is 1.45. The number of rotatable bonds is 4. The molecule has 0 aliphatic carbocycles. The average molecular weight is 395 g/mol. The third-order valence-electron chi connectivity index (χ3n) is 4.80. The highest BCUT2D eigenvalue weighted by Gasteiger charge is 2.32.